The number of thioether (sulfide) groups is 2. The minimum Gasteiger partial charge on any atom is -0.497 e. The van der Waals surface area contributed by atoms with Gasteiger partial charge in [0.05, 0.1) is 18.5 Å². The smallest absolute Gasteiger partial charge is 0.269 e. The number of carbonyl (C=O) groups is 1. The van der Waals surface area contributed by atoms with E-state index in [9.17, 15) is 4.79 Å². The molecule has 1 amide bonds. The fourth-order valence-electron chi connectivity index (χ4n) is 3.46. The molecular formula is C23H24BrN3O2S2. The molecule has 0 aliphatic carbocycles. The van der Waals surface area contributed by atoms with Crippen LogP contribution in [-0.4, -0.2) is 36.2 Å². The number of aliphatic imine (C=N–C) groups is 1. The number of anilines is 1. The summed E-state index contributed by atoms with van der Waals surface area (Å²) in [6, 6.07) is 13.9. The number of methoxy groups -OCH3 is 1. The number of unbranched alkanes of at least 4 members (excludes halogenated alkanes) is 1. The van der Waals surface area contributed by atoms with E-state index in [4.69, 9.17) is 9.73 Å². The van der Waals surface area contributed by atoms with Crippen LogP contribution in [0.3, 0.4) is 0 Å². The molecule has 2 aromatic rings. The van der Waals surface area contributed by atoms with Crippen molar-refractivity contribution in [3.8, 4) is 5.75 Å². The second kappa shape index (κ2) is 9.71. The molecule has 0 bridgehead atoms. The summed E-state index contributed by atoms with van der Waals surface area (Å²) in [5.41, 5.74) is 1.91. The lowest BCUT2D eigenvalue weighted by atomic mass is 10.2. The lowest BCUT2D eigenvalue weighted by molar-refractivity contribution is -0.122. The maximum atomic E-state index is 13.5. The number of rotatable bonds is 6. The Kier molecular flexibility index (Phi) is 6.99. The molecule has 1 fully saturated rings. The van der Waals surface area contributed by atoms with Crippen LogP contribution in [0.1, 0.15) is 26.7 Å². The average molecular weight is 519 g/mol. The van der Waals surface area contributed by atoms with E-state index in [0.29, 0.717) is 6.54 Å². The predicted octanol–water partition coefficient (Wildman–Crippen LogP) is 6.62. The number of amides is 1. The van der Waals surface area contributed by atoms with E-state index in [1.165, 1.54) is 11.8 Å². The zero-order valence-electron chi connectivity index (χ0n) is 17.7. The molecule has 162 valence electrons. The fourth-order valence-corrected chi connectivity index (χ4v) is 6.25. The summed E-state index contributed by atoms with van der Waals surface area (Å²) in [5.74, 6) is 0.851. The van der Waals surface area contributed by atoms with Gasteiger partial charge in [0.15, 0.2) is 5.17 Å². The summed E-state index contributed by atoms with van der Waals surface area (Å²) in [6.45, 7) is 5.68. The first-order valence-electron chi connectivity index (χ1n) is 10.3. The summed E-state index contributed by atoms with van der Waals surface area (Å²) >= 11 is 6.62. The molecule has 2 aliphatic rings. The molecular weight excluding hydrogens is 494 g/mol. The van der Waals surface area contributed by atoms with Gasteiger partial charge in [0.2, 0.25) is 0 Å². The van der Waals surface area contributed by atoms with E-state index in [1.807, 2.05) is 41.3 Å². The molecule has 0 aromatic heterocycles. The summed E-state index contributed by atoms with van der Waals surface area (Å²) in [6.07, 6.45) is 1.96. The molecule has 31 heavy (non-hydrogen) atoms. The number of hydrogen-bond donors (Lipinski definition) is 0. The van der Waals surface area contributed by atoms with Crippen LogP contribution in [0.25, 0.3) is 0 Å². The van der Waals surface area contributed by atoms with Gasteiger partial charge in [-0.3, -0.25) is 9.69 Å². The molecule has 0 unspecified atom stereocenters. The molecule has 0 radical (unpaired) electrons. The molecule has 0 atom stereocenters. The van der Waals surface area contributed by atoms with Crippen LogP contribution in [0, 0.1) is 0 Å². The van der Waals surface area contributed by atoms with Gasteiger partial charge >= 0.3 is 0 Å². The van der Waals surface area contributed by atoms with Gasteiger partial charge in [-0.15, -0.1) is 0 Å². The largest absolute Gasteiger partial charge is 0.497 e. The number of nitrogens with zero attached hydrogens (tertiary/aromatic N) is 3. The summed E-state index contributed by atoms with van der Waals surface area (Å²) < 4.78 is 6.38. The Hall–Kier alpha value is -1.90. The number of amidine groups is 1. The number of fused-ring (bicyclic) bond motifs is 1. The van der Waals surface area contributed by atoms with Crippen LogP contribution < -0.4 is 9.64 Å². The third-order valence-electron chi connectivity index (χ3n) is 5.05. The van der Waals surface area contributed by atoms with E-state index in [2.05, 4.69) is 40.7 Å². The van der Waals surface area contributed by atoms with E-state index in [1.54, 1.807) is 18.9 Å². The van der Waals surface area contributed by atoms with E-state index in [-0.39, 0.29) is 5.91 Å². The lowest BCUT2D eigenvalue weighted by Gasteiger charge is -2.19. The lowest BCUT2D eigenvalue weighted by Crippen LogP contribution is -2.30. The third kappa shape index (κ3) is 4.52. The molecule has 0 N–H and O–H groups in total. The second-order valence-electron chi connectivity index (χ2n) is 7.10. The molecule has 2 aliphatic heterocycles. The molecule has 0 spiro atoms. The van der Waals surface area contributed by atoms with E-state index in [0.717, 1.165) is 61.0 Å². The molecule has 5 nitrogen and oxygen atoms in total. The number of halogens is 1. The number of hydrogen-bond acceptors (Lipinski definition) is 6. The third-order valence-corrected chi connectivity index (χ3v) is 7.92. The van der Waals surface area contributed by atoms with E-state index < -0.39 is 0 Å². The Morgan fingerprint density at radius 2 is 1.94 bits per heavy atom. The molecule has 8 heteroatoms. The van der Waals surface area contributed by atoms with Gasteiger partial charge in [-0.1, -0.05) is 47.1 Å². The van der Waals surface area contributed by atoms with Gasteiger partial charge in [0.1, 0.15) is 15.7 Å². The van der Waals surface area contributed by atoms with Crippen LogP contribution in [0.2, 0.25) is 0 Å². The Morgan fingerprint density at radius 3 is 2.65 bits per heavy atom. The topological polar surface area (TPSA) is 45.1 Å². The van der Waals surface area contributed by atoms with Crippen LogP contribution in [0.5, 0.6) is 5.75 Å². The van der Waals surface area contributed by atoms with Crippen molar-refractivity contribution >= 4 is 61.9 Å². The monoisotopic (exact) mass is 517 g/mol. The average Bonchev–Trinajstić information content (AvgIpc) is 3.28. The van der Waals surface area contributed by atoms with Crippen LogP contribution in [0.4, 0.5) is 11.4 Å². The minimum atomic E-state index is 0.0351. The number of carbonyl (C=O) groups excluding carboxylic acids is 1. The van der Waals surface area contributed by atoms with Crippen molar-refractivity contribution in [2.75, 3.05) is 25.1 Å². The zero-order valence-corrected chi connectivity index (χ0v) is 20.9. The van der Waals surface area contributed by atoms with Gasteiger partial charge in [0.25, 0.3) is 5.91 Å². The quantitative estimate of drug-likeness (QED) is 0.402. The van der Waals surface area contributed by atoms with Crippen molar-refractivity contribution in [2.24, 2.45) is 4.99 Å². The van der Waals surface area contributed by atoms with Crippen LogP contribution >= 0.6 is 39.5 Å². The SMILES string of the molecule is CCCCN1C(=O)C(=C2Sc3ccc(OC)cc3N2CC)SC1=Nc1cccc(Br)c1. The van der Waals surface area contributed by atoms with Gasteiger partial charge < -0.3 is 9.64 Å². The Labute approximate surface area is 200 Å². The standard InChI is InChI=1S/C23H24BrN3O2S2/c1-4-6-12-27-21(28)20(31-23(27)25-16-9-7-8-15(24)13-16)22-26(5-2)18-14-17(29-3)10-11-19(18)30-22/h7-11,13-14H,4-6,12H2,1-3H3. The van der Waals surface area contributed by atoms with E-state index >= 15 is 0 Å². The van der Waals surface area contributed by atoms with Crippen molar-refractivity contribution in [1.82, 2.24) is 4.90 Å². The number of ether oxygens (including phenoxy) is 1. The minimum absolute atomic E-state index is 0.0351. The first-order chi connectivity index (χ1) is 15.0. The molecule has 0 saturated carbocycles. The highest BCUT2D eigenvalue weighted by Crippen LogP contribution is 2.51. The molecule has 4 rings (SSSR count). The Bertz CT molecular complexity index is 1070. The highest BCUT2D eigenvalue weighted by Gasteiger charge is 2.39. The number of benzene rings is 2. The predicted molar refractivity (Wildman–Crippen MR) is 134 cm³/mol. The highest BCUT2D eigenvalue weighted by molar-refractivity contribution is 9.10. The summed E-state index contributed by atoms with van der Waals surface area (Å²) in [7, 11) is 1.67. The van der Waals surface area contributed by atoms with Crippen molar-refractivity contribution < 1.29 is 9.53 Å². The maximum Gasteiger partial charge on any atom is 0.269 e. The van der Waals surface area contributed by atoms with Crippen LogP contribution in [0.15, 0.2) is 66.8 Å². The normalized spacial score (nSPS) is 19.5. The summed E-state index contributed by atoms with van der Waals surface area (Å²) in [4.78, 5) is 24.2. The van der Waals surface area contributed by atoms with Crippen LogP contribution in [-0.2, 0) is 4.79 Å². The zero-order chi connectivity index (χ0) is 22.0. The summed E-state index contributed by atoms with van der Waals surface area (Å²) in [5, 5.41) is 1.71. The van der Waals surface area contributed by atoms with Gasteiger partial charge in [-0.2, -0.15) is 0 Å². The second-order valence-corrected chi connectivity index (χ2v) is 10.0. The van der Waals surface area contributed by atoms with Crippen molar-refractivity contribution in [3.05, 3.63) is 56.9 Å². The highest BCUT2D eigenvalue weighted by atomic mass is 79.9. The first kappa shape index (κ1) is 22.3. The Morgan fingerprint density at radius 1 is 1.10 bits per heavy atom. The van der Waals surface area contributed by atoms with Crippen molar-refractivity contribution in [3.63, 3.8) is 0 Å². The molecule has 2 aromatic carbocycles. The molecule has 1 saturated heterocycles. The fraction of sp³-hybridized carbons (Fsp3) is 0.304. The van der Waals surface area contributed by atoms with Crippen molar-refractivity contribution in [2.45, 2.75) is 31.6 Å². The molecule has 2 heterocycles. The first-order valence-corrected chi connectivity index (χ1v) is 12.7. The maximum absolute atomic E-state index is 13.5. The van der Waals surface area contributed by atoms with Gasteiger partial charge in [-0.05, 0) is 55.4 Å². The van der Waals surface area contributed by atoms with Gasteiger partial charge in [-0.25, -0.2) is 4.99 Å². The van der Waals surface area contributed by atoms with Gasteiger partial charge in [0, 0.05) is 28.5 Å². The Balaban J connectivity index is 1.74. The van der Waals surface area contributed by atoms with Crippen molar-refractivity contribution in [1.29, 1.82) is 0 Å².